The lowest BCUT2D eigenvalue weighted by molar-refractivity contribution is -0.141. The van der Waals surface area contributed by atoms with Crippen LogP contribution in [-0.4, -0.2) is 135 Å². The zero-order valence-electron chi connectivity index (χ0n) is 43.2. The van der Waals surface area contributed by atoms with Crippen molar-refractivity contribution in [2.75, 3.05) is 82.8 Å². The molecule has 3 fully saturated rings. The molecular weight excluding hydrogens is 1120 g/mol. The fourth-order valence-corrected chi connectivity index (χ4v) is 10.5. The van der Waals surface area contributed by atoms with Gasteiger partial charge in [-0.25, -0.2) is 39.5 Å². The number of urea groups is 2. The molecule has 9 heterocycles. The van der Waals surface area contributed by atoms with Gasteiger partial charge < -0.3 is 49.6 Å². The number of rotatable bonds is 11. The van der Waals surface area contributed by atoms with Crippen molar-refractivity contribution in [2.24, 2.45) is 0 Å². The minimum Gasteiger partial charge on any atom is -0.461 e. The number of pyridine rings is 2. The van der Waals surface area contributed by atoms with E-state index in [1.54, 1.807) is 17.0 Å². The number of halogens is 8. The Morgan fingerprint density at radius 3 is 1.60 bits per heavy atom. The topological polar surface area (TPSA) is 226 Å². The molecule has 20 nitrogen and oxygen atoms in total. The molecule has 0 spiro atoms. The summed E-state index contributed by atoms with van der Waals surface area (Å²) < 4.78 is 102. The second-order valence-corrected chi connectivity index (χ2v) is 20.8. The first-order valence-corrected chi connectivity index (χ1v) is 26.3. The van der Waals surface area contributed by atoms with E-state index >= 15 is 0 Å². The summed E-state index contributed by atoms with van der Waals surface area (Å²) in [7, 11) is 0. The molecule has 4 aromatic heterocycles. The molecule has 11 rings (SSSR count). The number of aliphatic hydroxyl groups is 2. The molecule has 3 saturated heterocycles. The van der Waals surface area contributed by atoms with E-state index in [1.807, 2.05) is 13.8 Å². The quantitative estimate of drug-likeness (QED) is 0.0886. The van der Waals surface area contributed by atoms with Crippen LogP contribution in [0.3, 0.4) is 0 Å². The molecule has 0 saturated carbocycles. The Bertz CT molecular complexity index is 3280. The molecule has 0 aliphatic carbocycles. The lowest BCUT2D eigenvalue weighted by Crippen LogP contribution is -2.56. The first-order chi connectivity index (χ1) is 38.6. The Morgan fingerprint density at radius 2 is 1.19 bits per heavy atom. The van der Waals surface area contributed by atoms with Crippen LogP contribution in [0.5, 0.6) is 12.0 Å². The van der Waals surface area contributed by atoms with E-state index in [0.29, 0.717) is 54.8 Å². The zero-order valence-corrected chi connectivity index (χ0v) is 44.7. The number of aliphatic hydroxyl groups excluding tert-OH is 2. The third kappa shape index (κ3) is 12.9. The maximum absolute atomic E-state index is 13.7. The number of alkyl halides is 6. The summed E-state index contributed by atoms with van der Waals surface area (Å²) in [6.07, 6.45) is -1.75. The number of aromatic nitrogens is 6. The van der Waals surface area contributed by atoms with Gasteiger partial charge in [-0.15, -0.1) is 0 Å². The molecule has 6 aromatic rings. The summed E-state index contributed by atoms with van der Waals surface area (Å²) in [5.74, 6) is -0.0542. The second-order valence-electron chi connectivity index (χ2n) is 20.0. The number of nitrogens with one attached hydrogen (secondary N) is 2. The number of fused-ring (bicyclic) bond motifs is 8. The van der Waals surface area contributed by atoms with Crippen molar-refractivity contribution < 1.29 is 65.1 Å². The number of nitrogens with zero attached hydrogens (tertiary/aromatic N) is 10. The summed E-state index contributed by atoms with van der Waals surface area (Å²) in [4.78, 5) is 60.0. The Hall–Kier alpha value is -7.36. The minimum absolute atomic E-state index is 0.0474. The van der Waals surface area contributed by atoms with Gasteiger partial charge in [-0.3, -0.25) is 9.80 Å². The lowest BCUT2D eigenvalue weighted by atomic mass is 9.99. The van der Waals surface area contributed by atoms with Gasteiger partial charge >= 0.3 is 36.4 Å². The largest absolute Gasteiger partial charge is 0.461 e. The molecule has 0 radical (unpaired) electrons. The van der Waals surface area contributed by atoms with Crippen LogP contribution in [0.2, 0.25) is 10.0 Å². The third-order valence-corrected chi connectivity index (χ3v) is 14.3. The lowest BCUT2D eigenvalue weighted by Gasteiger charge is -2.46. The van der Waals surface area contributed by atoms with Gasteiger partial charge in [0.1, 0.15) is 25.4 Å². The summed E-state index contributed by atoms with van der Waals surface area (Å²) in [6.45, 7) is 6.20. The molecule has 4 amide bonds. The van der Waals surface area contributed by atoms with Gasteiger partial charge in [-0.2, -0.15) is 26.3 Å². The van der Waals surface area contributed by atoms with Gasteiger partial charge in [-0.1, -0.05) is 47.5 Å². The van der Waals surface area contributed by atoms with Gasteiger partial charge in [0.25, 0.3) is 0 Å². The van der Waals surface area contributed by atoms with Crippen LogP contribution in [0.4, 0.5) is 70.3 Å². The highest BCUT2D eigenvalue weighted by atomic mass is 35.5. The smallest absolute Gasteiger partial charge is 0.416 e. The molecule has 4 N–H and O–H groups in total. The van der Waals surface area contributed by atoms with E-state index in [-0.39, 0.29) is 81.7 Å². The van der Waals surface area contributed by atoms with Gasteiger partial charge in [0.2, 0.25) is 0 Å². The van der Waals surface area contributed by atoms with Crippen LogP contribution in [0.25, 0.3) is 22.5 Å². The van der Waals surface area contributed by atoms with Crippen LogP contribution in [0.15, 0.2) is 85.5 Å². The molecule has 81 heavy (non-hydrogen) atoms. The van der Waals surface area contributed by atoms with Crippen LogP contribution < -0.4 is 39.7 Å². The summed E-state index contributed by atoms with van der Waals surface area (Å²) in [5.41, 5.74) is 0.885. The molecule has 5 aliphatic rings. The Balaban J connectivity index is 0.000000182. The number of ether oxygens (including phenoxy) is 4. The molecule has 4 atom stereocenters. The highest BCUT2D eigenvalue weighted by Gasteiger charge is 2.42. The van der Waals surface area contributed by atoms with Gasteiger partial charge in [0.15, 0.2) is 17.4 Å². The molecule has 428 valence electrons. The van der Waals surface area contributed by atoms with Crippen LogP contribution in [-0.2, 0) is 21.8 Å². The normalized spacial score (nSPS) is 19.4. The maximum atomic E-state index is 13.7. The number of piperidine rings is 2. The van der Waals surface area contributed by atoms with E-state index in [4.69, 9.17) is 47.3 Å². The maximum Gasteiger partial charge on any atom is 0.416 e. The van der Waals surface area contributed by atoms with Crippen molar-refractivity contribution in [2.45, 2.75) is 82.0 Å². The minimum atomic E-state index is -4.54. The number of benzene rings is 2. The predicted octanol–water partition coefficient (Wildman–Crippen LogP) is 9.73. The summed E-state index contributed by atoms with van der Waals surface area (Å²) in [6, 6.07) is 11.5. The van der Waals surface area contributed by atoms with E-state index < -0.39 is 54.0 Å². The molecule has 2 aromatic carbocycles. The number of hydrogen-bond donors (Lipinski definition) is 4. The highest BCUT2D eigenvalue weighted by Crippen LogP contribution is 2.45. The van der Waals surface area contributed by atoms with Gasteiger partial charge in [-0.05, 0) is 75.9 Å². The number of carbonyl (C=O) groups is 2. The van der Waals surface area contributed by atoms with Crippen molar-refractivity contribution in [3.8, 4) is 34.5 Å². The van der Waals surface area contributed by atoms with Crippen molar-refractivity contribution in [3.63, 3.8) is 0 Å². The summed E-state index contributed by atoms with van der Waals surface area (Å²) >= 11 is 13.1. The first-order valence-electron chi connectivity index (χ1n) is 25.6. The predicted molar refractivity (Wildman–Crippen MR) is 286 cm³/mol. The summed E-state index contributed by atoms with van der Waals surface area (Å²) in [5, 5.41) is 24.2. The monoisotopic (exact) mass is 1170 g/mol. The fourth-order valence-electron chi connectivity index (χ4n) is 10.0. The molecule has 0 unspecified atom stereocenters. The van der Waals surface area contributed by atoms with Crippen molar-refractivity contribution in [1.29, 1.82) is 0 Å². The van der Waals surface area contributed by atoms with Crippen molar-refractivity contribution in [1.82, 2.24) is 29.9 Å². The Labute approximate surface area is 469 Å². The molecule has 28 heteroatoms. The van der Waals surface area contributed by atoms with Crippen molar-refractivity contribution in [3.05, 3.63) is 107 Å². The third-order valence-electron chi connectivity index (χ3n) is 13.7. The van der Waals surface area contributed by atoms with E-state index in [1.165, 1.54) is 54.0 Å². The van der Waals surface area contributed by atoms with Gasteiger partial charge in [0.05, 0.1) is 105 Å². The SMILES string of the molecule is CC1(C)OC[C@@H](COc2ncc(NC(=O)N3c4nc(-c5cccc(C(F)(F)F)c5)c(Cl)cc4N4CCC[C@H]3C4)cn2)O1.O=C(Nc1cnc(OC[C@@H](O)CO)nc1)N1c2nc(-c3cccc(C(F)(F)F)c3)c(Cl)cc2N2CCC[C@H]1C2. The van der Waals surface area contributed by atoms with E-state index in [2.05, 4.69) is 50.3 Å². The Morgan fingerprint density at radius 1 is 0.728 bits per heavy atom. The van der Waals surface area contributed by atoms with Crippen molar-refractivity contribution >= 4 is 69.6 Å². The number of amides is 4. The highest BCUT2D eigenvalue weighted by molar-refractivity contribution is 6.34. The number of anilines is 6. The zero-order chi connectivity index (χ0) is 57.4. The average molecular weight is 1170 g/mol. The molecular formula is C53H52Cl2F6N12O8. The van der Waals surface area contributed by atoms with E-state index in [0.717, 1.165) is 56.6 Å². The molecule has 5 aliphatic heterocycles. The fraction of sp³-hybridized carbons (Fsp3) is 0.396. The average Bonchev–Trinajstić information content (AvgIpc) is 3.83. The first kappa shape index (κ1) is 56.9. The number of hydrogen-bond acceptors (Lipinski definition) is 16. The van der Waals surface area contributed by atoms with Crippen LogP contribution >= 0.6 is 23.2 Å². The number of carbonyl (C=O) groups excluding carboxylic acids is 2. The van der Waals surface area contributed by atoms with Crippen LogP contribution in [0.1, 0.15) is 50.7 Å². The van der Waals surface area contributed by atoms with Crippen LogP contribution in [0, 0.1) is 0 Å². The van der Waals surface area contributed by atoms with Gasteiger partial charge in [0, 0.05) is 37.3 Å². The Kier molecular flexibility index (Phi) is 16.3. The van der Waals surface area contributed by atoms with E-state index in [9.17, 15) is 41.0 Å². The molecule has 4 bridgehead atoms. The standard InChI is InChI=1S/C28H28ClF3N6O4.C25H24ClF3N6O4/c1-27(2)41-15-20(42-27)14-40-25-33-11-18(12-34-25)35-26(39)38-19-7-4-8-37(13-19)22-10-21(29)23(36-24(22)38)16-5-3-6-17(9-16)28(30,31)32;26-19-8-20-22(33-21(19)14-3-1-4-15(7-14)25(27,28)29)35(17-5-2-6-34(20)11-17)24(38)32-16-9-30-23(31-10-16)39-13-18(37)12-36/h3,5-6,9-12,19-20H,4,7-8,13-15H2,1-2H3,(H,35,39);1,3-4,7-10,17-18,36-37H,2,5-6,11-13H2,(H,32,38)/t19-,20+;17-,18-/m00/s1. The second kappa shape index (κ2) is 23.2.